The van der Waals surface area contributed by atoms with Crippen LogP contribution in [0.4, 0.5) is 0 Å². The lowest BCUT2D eigenvalue weighted by Crippen LogP contribution is -2.48. The first-order chi connectivity index (χ1) is 11.3. The third-order valence-corrected chi connectivity index (χ3v) is 4.31. The number of carbonyl (C=O) groups excluding carboxylic acids is 1. The van der Waals surface area contributed by atoms with Crippen molar-refractivity contribution in [3.05, 3.63) is 78.4 Å². The first-order valence-corrected chi connectivity index (χ1v) is 7.75. The van der Waals surface area contributed by atoms with Gasteiger partial charge in [0.2, 0.25) is 0 Å². The first kappa shape index (κ1) is 13.8. The summed E-state index contributed by atoms with van der Waals surface area (Å²) in [7, 11) is 0. The molecule has 2 heterocycles. The van der Waals surface area contributed by atoms with Crippen LogP contribution < -0.4 is 0 Å². The Bertz CT molecular complexity index is 788. The third kappa shape index (κ3) is 2.63. The second-order valence-corrected chi connectivity index (χ2v) is 5.82. The maximum atomic E-state index is 12.5. The van der Waals surface area contributed by atoms with Crippen LogP contribution in [-0.4, -0.2) is 33.9 Å². The normalized spacial score (nSPS) is 14.5. The minimum absolute atomic E-state index is 0.0902. The number of H-pyrrole nitrogens is 1. The van der Waals surface area contributed by atoms with Gasteiger partial charge in [0.1, 0.15) is 5.82 Å². The molecule has 3 aromatic rings. The van der Waals surface area contributed by atoms with Crippen molar-refractivity contribution in [2.24, 2.45) is 0 Å². The molecule has 0 spiro atoms. The molecule has 0 bridgehead atoms. The monoisotopic (exact) mass is 303 g/mol. The van der Waals surface area contributed by atoms with Gasteiger partial charge in [-0.05, 0) is 23.3 Å². The maximum absolute atomic E-state index is 12.5. The van der Waals surface area contributed by atoms with Gasteiger partial charge in [0.15, 0.2) is 0 Å². The molecule has 2 aromatic carbocycles. The van der Waals surface area contributed by atoms with E-state index in [0.29, 0.717) is 5.92 Å². The predicted molar refractivity (Wildman–Crippen MR) is 89.1 cm³/mol. The molecule has 1 amide bonds. The molecule has 1 saturated heterocycles. The van der Waals surface area contributed by atoms with Gasteiger partial charge in [0, 0.05) is 31.0 Å². The van der Waals surface area contributed by atoms with E-state index < -0.39 is 0 Å². The predicted octanol–water partition coefficient (Wildman–Crippen LogP) is 3.32. The second-order valence-electron chi connectivity index (χ2n) is 5.82. The number of nitrogens with zero attached hydrogens (tertiary/aromatic N) is 2. The fourth-order valence-electron chi connectivity index (χ4n) is 2.94. The number of hydrogen-bond donors (Lipinski definition) is 1. The Hall–Kier alpha value is -2.88. The van der Waals surface area contributed by atoms with E-state index in [2.05, 4.69) is 22.1 Å². The molecule has 0 aliphatic carbocycles. The molecule has 0 saturated carbocycles. The highest BCUT2D eigenvalue weighted by molar-refractivity contribution is 5.95. The van der Waals surface area contributed by atoms with Crippen LogP contribution in [0.2, 0.25) is 0 Å². The van der Waals surface area contributed by atoms with E-state index in [4.69, 9.17) is 0 Å². The van der Waals surface area contributed by atoms with E-state index in [1.54, 1.807) is 6.20 Å². The average Bonchev–Trinajstić information content (AvgIpc) is 3.08. The van der Waals surface area contributed by atoms with Crippen molar-refractivity contribution in [3.8, 4) is 11.1 Å². The van der Waals surface area contributed by atoms with E-state index in [1.165, 1.54) is 0 Å². The van der Waals surface area contributed by atoms with Gasteiger partial charge < -0.3 is 9.88 Å². The number of rotatable bonds is 3. The molecular weight excluding hydrogens is 286 g/mol. The van der Waals surface area contributed by atoms with Crippen molar-refractivity contribution in [2.45, 2.75) is 5.92 Å². The molecule has 1 aromatic heterocycles. The average molecular weight is 303 g/mol. The Kier molecular flexibility index (Phi) is 3.42. The van der Waals surface area contributed by atoms with E-state index in [-0.39, 0.29) is 5.91 Å². The summed E-state index contributed by atoms with van der Waals surface area (Å²) in [6.45, 7) is 1.46. The summed E-state index contributed by atoms with van der Waals surface area (Å²) < 4.78 is 0. The number of aromatic amines is 1. The zero-order valence-electron chi connectivity index (χ0n) is 12.6. The lowest BCUT2D eigenvalue weighted by molar-refractivity contribution is 0.0595. The van der Waals surface area contributed by atoms with E-state index >= 15 is 0 Å². The van der Waals surface area contributed by atoms with Crippen LogP contribution in [-0.2, 0) is 0 Å². The van der Waals surface area contributed by atoms with Crippen molar-refractivity contribution in [1.82, 2.24) is 14.9 Å². The van der Waals surface area contributed by atoms with Gasteiger partial charge in [-0.2, -0.15) is 0 Å². The van der Waals surface area contributed by atoms with E-state index in [9.17, 15) is 4.79 Å². The Labute approximate surface area is 134 Å². The zero-order valence-corrected chi connectivity index (χ0v) is 12.6. The Balaban J connectivity index is 1.44. The molecule has 114 valence electrons. The standard InChI is InChI=1S/C19H17N3O/c23-19(22-12-17(13-22)18-20-10-11-21-18)16-8-6-15(7-9-16)14-4-2-1-3-5-14/h1-11,17H,12-13H2,(H,20,21). The minimum Gasteiger partial charge on any atom is -0.348 e. The summed E-state index contributed by atoms with van der Waals surface area (Å²) >= 11 is 0. The van der Waals surface area contributed by atoms with Crippen molar-refractivity contribution >= 4 is 5.91 Å². The van der Waals surface area contributed by atoms with Crippen LogP contribution >= 0.6 is 0 Å². The molecule has 23 heavy (non-hydrogen) atoms. The van der Waals surface area contributed by atoms with Gasteiger partial charge in [-0.1, -0.05) is 42.5 Å². The fraction of sp³-hybridized carbons (Fsp3) is 0.158. The van der Waals surface area contributed by atoms with Gasteiger partial charge in [-0.15, -0.1) is 0 Å². The number of aromatic nitrogens is 2. The fourth-order valence-corrected chi connectivity index (χ4v) is 2.94. The van der Waals surface area contributed by atoms with Crippen LogP contribution in [0, 0.1) is 0 Å². The number of hydrogen-bond acceptors (Lipinski definition) is 2. The maximum Gasteiger partial charge on any atom is 0.253 e. The molecule has 4 heteroatoms. The molecule has 4 rings (SSSR count). The highest BCUT2D eigenvalue weighted by atomic mass is 16.2. The zero-order chi connectivity index (χ0) is 15.6. The highest BCUT2D eigenvalue weighted by Gasteiger charge is 2.33. The Morgan fingerprint density at radius 2 is 1.70 bits per heavy atom. The smallest absolute Gasteiger partial charge is 0.253 e. The molecule has 1 N–H and O–H groups in total. The largest absolute Gasteiger partial charge is 0.348 e. The van der Waals surface area contributed by atoms with Gasteiger partial charge >= 0.3 is 0 Å². The van der Waals surface area contributed by atoms with Crippen LogP contribution in [0.15, 0.2) is 67.0 Å². The lowest BCUT2D eigenvalue weighted by atomic mass is 9.97. The molecule has 0 atom stereocenters. The number of amides is 1. The molecule has 1 aliphatic rings. The van der Waals surface area contributed by atoms with Gasteiger partial charge in [-0.3, -0.25) is 4.79 Å². The second kappa shape index (κ2) is 5.72. The number of nitrogens with one attached hydrogen (secondary N) is 1. The summed E-state index contributed by atoms with van der Waals surface area (Å²) in [6.07, 6.45) is 3.57. The van der Waals surface area contributed by atoms with Crippen molar-refractivity contribution in [2.75, 3.05) is 13.1 Å². The summed E-state index contributed by atoms with van der Waals surface area (Å²) in [6, 6.07) is 18.0. The molecular formula is C19H17N3O. The summed E-state index contributed by atoms with van der Waals surface area (Å²) in [5.74, 6) is 1.39. The van der Waals surface area contributed by atoms with Crippen LogP contribution in [0.5, 0.6) is 0 Å². The summed E-state index contributed by atoms with van der Waals surface area (Å²) in [5, 5.41) is 0. The molecule has 0 radical (unpaired) electrons. The number of imidazole rings is 1. The number of likely N-dealkylation sites (tertiary alicyclic amines) is 1. The van der Waals surface area contributed by atoms with Crippen molar-refractivity contribution < 1.29 is 4.79 Å². The van der Waals surface area contributed by atoms with Crippen LogP contribution in [0.25, 0.3) is 11.1 Å². The number of benzene rings is 2. The van der Waals surface area contributed by atoms with Gasteiger partial charge in [-0.25, -0.2) is 4.98 Å². The van der Waals surface area contributed by atoms with E-state index in [0.717, 1.165) is 35.6 Å². The molecule has 4 nitrogen and oxygen atoms in total. The Morgan fingerprint density at radius 1 is 1.00 bits per heavy atom. The third-order valence-electron chi connectivity index (χ3n) is 4.31. The molecule has 1 aliphatic heterocycles. The number of carbonyl (C=O) groups is 1. The van der Waals surface area contributed by atoms with Crippen LogP contribution in [0.3, 0.4) is 0 Å². The molecule has 0 unspecified atom stereocenters. The topological polar surface area (TPSA) is 49.0 Å². The van der Waals surface area contributed by atoms with Gasteiger partial charge in [0.25, 0.3) is 5.91 Å². The molecule has 1 fully saturated rings. The van der Waals surface area contributed by atoms with E-state index in [1.807, 2.05) is 53.6 Å². The lowest BCUT2D eigenvalue weighted by Gasteiger charge is -2.38. The van der Waals surface area contributed by atoms with Crippen molar-refractivity contribution in [3.63, 3.8) is 0 Å². The summed E-state index contributed by atoms with van der Waals surface area (Å²) in [5.41, 5.74) is 3.02. The highest BCUT2D eigenvalue weighted by Crippen LogP contribution is 2.26. The van der Waals surface area contributed by atoms with Gasteiger partial charge in [0.05, 0.1) is 5.92 Å². The SMILES string of the molecule is O=C(c1ccc(-c2ccccc2)cc1)N1CC(c2ncc[nH]2)C1. The Morgan fingerprint density at radius 3 is 2.35 bits per heavy atom. The van der Waals surface area contributed by atoms with Crippen LogP contribution in [0.1, 0.15) is 22.1 Å². The quantitative estimate of drug-likeness (QED) is 0.807. The summed E-state index contributed by atoms with van der Waals surface area (Å²) in [4.78, 5) is 21.7. The van der Waals surface area contributed by atoms with Crippen molar-refractivity contribution in [1.29, 1.82) is 0 Å². The minimum atomic E-state index is 0.0902. The first-order valence-electron chi connectivity index (χ1n) is 7.75.